The normalized spacial score (nSPS) is 10.2. The Labute approximate surface area is 126 Å². The van der Waals surface area contributed by atoms with Crippen LogP contribution in [0.2, 0.25) is 0 Å². The largest absolute Gasteiger partial charge is 0.334 e. The minimum atomic E-state index is -0.458. The van der Waals surface area contributed by atoms with Crippen LogP contribution in [0.15, 0.2) is 67.1 Å². The molecule has 0 aliphatic rings. The molecule has 0 atom stereocenters. The lowest BCUT2D eigenvalue weighted by molar-refractivity contribution is -0.384. The second kappa shape index (κ2) is 6.01. The first-order valence-corrected chi connectivity index (χ1v) is 6.61. The zero-order valence-corrected chi connectivity index (χ0v) is 11.5. The molecule has 0 saturated heterocycles. The summed E-state index contributed by atoms with van der Waals surface area (Å²) in [6.07, 6.45) is 4.99. The third-order valence-corrected chi connectivity index (χ3v) is 3.10. The van der Waals surface area contributed by atoms with E-state index in [1.54, 1.807) is 12.4 Å². The Morgan fingerprint density at radius 1 is 1.00 bits per heavy atom. The molecule has 3 aromatic rings. The standard InChI is InChI=1S/C16H12N4O2/c21-20(22)15-7-3-9-18-16(15)19-14-6-1-4-12(10-14)13-5-2-8-17-11-13/h1-11H,(H,18,19). The summed E-state index contributed by atoms with van der Waals surface area (Å²) >= 11 is 0. The molecule has 0 saturated carbocycles. The highest BCUT2D eigenvalue weighted by Crippen LogP contribution is 2.27. The van der Waals surface area contributed by atoms with Crippen LogP contribution in [0.3, 0.4) is 0 Å². The molecule has 0 spiro atoms. The van der Waals surface area contributed by atoms with E-state index in [1.165, 1.54) is 18.3 Å². The Morgan fingerprint density at radius 2 is 1.82 bits per heavy atom. The van der Waals surface area contributed by atoms with Gasteiger partial charge in [-0.25, -0.2) is 4.98 Å². The van der Waals surface area contributed by atoms with Crippen LogP contribution in [0.25, 0.3) is 11.1 Å². The Hall–Kier alpha value is -3.28. The summed E-state index contributed by atoms with van der Waals surface area (Å²) in [4.78, 5) is 18.7. The van der Waals surface area contributed by atoms with Crippen LogP contribution in [0.1, 0.15) is 0 Å². The van der Waals surface area contributed by atoms with Crippen molar-refractivity contribution in [3.63, 3.8) is 0 Å². The molecular formula is C16H12N4O2. The first-order chi connectivity index (χ1) is 10.7. The molecule has 1 aromatic carbocycles. The summed E-state index contributed by atoms with van der Waals surface area (Å²) in [5.41, 5.74) is 2.61. The molecule has 0 aliphatic carbocycles. The Kier molecular flexibility index (Phi) is 3.74. The van der Waals surface area contributed by atoms with Crippen LogP contribution in [0, 0.1) is 10.1 Å². The fourth-order valence-electron chi connectivity index (χ4n) is 2.09. The highest BCUT2D eigenvalue weighted by molar-refractivity contribution is 5.71. The molecule has 0 bridgehead atoms. The van der Waals surface area contributed by atoms with Crippen molar-refractivity contribution in [1.29, 1.82) is 0 Å². The van der Waals surface area contributed by atoms with Crippen molar-refractivity contribution in [2.75, 3.05) is 5.32 Å². The summed E-state index contributed by atoms with van der Waals surface area (Å²) in [5, 5.41) is 14.0. The van der Waals surface area contributed by atoms with Crippen molar-refractivity contribution in [3.8, 4) is 11.1 Å². The lowest BCUT2D eigenvalue weighted by Crippen LogP contribution is -1.99. The summed E-state index contributed by atoms with van der Waals surface area (Å²) in [6.45, 7) is 0. The smallest absolute Gasteiger partial charge is 0.311 e. The molecule has 0 amide bonds. The van der Waals surface area contributed by atoms with Crippen molar-refractivity contribution in [2.24, 2.45) is 0 Å². The van der Waals surface area contributed by atoms with Gasteiger partial charge < -0.3 is 5.32 Å². The van der Waals surface area contributed by atoms with Gasteiger partial charge in [0.25, 0.3) is 0 Å². The van der Waals surface area contributed by atoms with Crippen LogP contribution in [-0.2, 0) is 0 Å². The van der Waals surface area contributed by atoms with Crippen molar-refractivity contribution >= 4 is 17.2 Å². The summed E-state index contributed by atoms with van der Waals surface area (Å²) in [7, 11) is 0. The number of hydrogen-bond donors (Lipinski definition) is 1. The quantitative estimate of drug-likeness (QED) is 0.584. The monoisotopic (exact) mass is 292 g/mol. The van der Waals surface area contributed by atoms with Crippen LogP contribution in [0.4, 0.5) is 17.2 Å². The number of aromatic nitrogens is 2. The molecule has 108 valence electrons. The summed E-state index contributed by atoms with van der Waals surface area (Å²) < 4.78 is 0. The number of nitrogens with one attached hydrogen (secondary N) is 1. The lowest BCUT2D eigenvalue weighted by atomic mass is 10.1. The number of benzene rings is 1. The molecule has 0 aliphatic heterocycles. The van der Waals surface area contributed by atoms with Gasteiger partial charge in [-0.05, 0) is 29.8 Å². The Balaban J connectivity index is 1.93. The zero-order chi connectivity index (χ0) is 15.4. The van der Waals surface area contributed by atoms with E-state index >= 15 is 0 Å². The van der Waals surface area contributed by atoms with E-state index in [1.807, 2.05) is 36.4 Å². The molecule has 6 nitrogen and oxygen atoms in total. The van der Waals surface area contributed by atoms with Crippen LogP contribution in [0.5, 0.6) is 0 Å². The van der Waals surface area contributed by atoms with Gasteiger partial charge in [0.1, 0.15) is 0 Å². The van der Waals surface area contributed by atoms with Gasteiger partial charge in [-0.2, -0.15) is 0 Å². The molecule has 0 fully saturated rings. The number of pyridine rings is 2. The van der Waals surface area contributed by atoms with E-state index in [2.05, 4.69) is 15.3 Å². The first-order valence-electron chi connectivity index (χ1n) is 6.61. The van der Waals surface area contributed by atoms with E-state index in [4.69, 9.17) is 0 Å². The van der Waals surface area contributed by atoms with Gasteiger partial charge in [0.2, 0.25) is 5.82 Å². The maximum Gasteiger partial charge on any atom is 0.311 e. The first kappa shape index (κ1) is 13.7. The summed E-state index contributed by atoms with van der Waals surface area (Å²) in [6, 6.07) is 14.3. The maximum absolute atomic E-state index is 11.0. The molecular weight excluding hydrogens is 280 g/mol. The fourth-order valence-corrected chi connectivity index (χ4v) is 2.09. The lowest BCUT2D eigenvalue weighted by Gasteiger charge is -2.08. The summed E-state index contributed by atoms with van der Waals surface area (Å²) in [5.74, 6) is 0.218. The van der Waals surface area contributed by atoms with Gasteiger partial charge in [0.05, 0.1) is 4.92 Å². The van der Waals surface area contributed by atoms with Gasteiger partial charge in [-0.1, -0.05) is 18.2 Å². The molecule has 6 heteroatoms. The van der Waals surface area contributed by atoms with Crippen LogP contribution >= 0.6 is 0 Å². The predicted octanol–water partition coefficient (Wildman–Crippen LogP) is 3.80. The SMILES string of the molecule is O=[N+]([O-])c1cccnc1Nc1cccc(-c2cccnc2)c1. The minimum absolute atomic E-state index is 0.0609. The predicted molar refractivity (Wildman–Crippen MR) is 83.8 cm³/mol. The van der Waals surface area contributed by atoms with E-state index in [-0.39, 0.29) is 11.5 Å². The molecule has 2 heterocycles. The van der Waals surface area contributed by atoms with E-state index < -0.39 is 4.92 Å². The number of hydrogen-bond acceptors (Lipinski definition) is 5. The van der Waals surface area contributed by atoms with Crippen molar-refractivity contribution in [1.82, 2.24) is 9.97 Å². The van der Waals surface area contributed by atoms with Crippen molar-refractivity contribution in [2.45, 2.75) is 0 Å². The molecule has 2 aromatic heterocycles. The van der Waals surface area contributed by atoms with Gasteiger partial charge >= 0.3 is 5.69 Å². The van der Waals surface area contributed by atoms with Crippen LogP contribution < -0.4 is 5.32 Å². The van der Waals surface area contributed by atoms with Gasteiger partial charge in [0.15, 0.2) is 0 Å². The molecule has 1 N–H and O–H groups in total. The topological polar surface area (TPSA) is 81.0 Å². The van der Waals surface area contributed by atoms with Gasteiger partial charge in [-0.3, -0.25) is 15.1 Å². The van der Waals surface area contributed by atoms with Crippen LogP contribution in [-0.4, -0.2) is 14.9 Å². The Morgan fingerprint density at radius 3 is 2.59 bits per heavy atom. The second-order valence-corrected chi connectivity index (χ2v) is 4.58. The van der Waals surface area contributed by atoms with E-state index in [9.17, 15) is 10.1 Å². The number of rotatable bonds is 4. The van der Waals surface area contributed by atoms with Gasteiger partial charge in [0, 0.05) is 35.9 Å². The molecule has 3 rings (SSSR count). The van der Waals surface area contributed by atoms with E-state index in [0.717, 1.165) is 16.8 Å². The van der Waals surface area contributed by atoms with E-state index in [0.29, 0.717) is 0 Å². The number of anilines is 2. The molecule has 0 radical (unpaired) electrons. The minimum Gasteiger partial charge on any atom is -0.334 e. The average molecular weight is 292 g/mol. The maximum atomic E-state index is 11.0. The zero-order valence-electron chi connectivity index (χ0n) is 11.5. The third-order valence-electron chi connectivity index (χ3n) is 3.10. The van der Waals surface area contributed by atoms with Gasteiger partial charge in [-0.15, -0.1) is 0 Å². The number of nitrogens with zero attached hydrogens (tertiary/aromatic N) is 3. The molecule has 0 unspecified atom stereocenters. The highest BCUT2D eigenvalue weighted by Gasteiger charge is 2.14. The third kappa shape index (κ3) is 2.90. The fraction of sp³-hybridized carbons (Fsp3) is 0. The van der Waals surface area contributed by atoms with Crippen molar-refractivity contribution < 1.29 is 4.92 Å². The highest BCUT2D eigenvalue weighted by atomic mass is 16.6. The molecule has 22 heavy (non-hydrogen) atoms. The Bertz CT molecular complexity index is 806. The average Bonchev–Trinajstić information content (AvgIpc) is 2.56. The van der Waals surface area contributed by atoms with Crippen molar-refractivity contribution in [3.05, 3.63) is 77.2 Å². The second-order valence-electron chi connectivity index (χ2n) is 4.58. The number of nitro groups is 1.